The van der Waals surface area contributed by atoms with Crippen LogP contribution in [0.3, 0.4) is 0 Å². The molecule has 0 aliphatic rings. The molecule has 0 aliphatic carbocycles. The standard InChI is InChI=1S/C17H26N4/c1-5-18-16(15-9-7-6-8-14(15)2)12-20(3)13-17-19-10-11-21(17)4/h6-11,16,18H,5,12-13H2,1-4H3. The summed E-state index contributed by atoms with van der Waals surface area (Å²) in [6, 6.07) is 8.96. The Balaban J connectivity index is 2.06. The van der Waals surface area contributed by atoms with E-state index >= 15 is 0 Å². The Hall–Kier alpha value is -1.65. The second-order valence-corrected chi connectivity index (χ2v) is 5.62. The molecule has 1 atom stereocenters. The third-order valence-electron chi connectivity index (χ3n) is 3.84. The molecule has 2 aromatic rings. The van der Waals surface area contributed by atoms with E-state index < -0.39 is 0 Å². The van der Waals surface area contributed by atoms with E-state index in [1.807, 2.05) is 19.4 Å². The van der Waals surface area contributed by atoms with Gasteiger partial charge in [0.05, 0.1) is 6.54 Å². The molecule has 0 saturated carbocycles. The molecule has 114 valence electrons. The summed E-state index contributed by atoms with van der Waals surface area (Å²) in [7, 11) is 4.19. The molecular weight excluding hydrogens is 260 g/mol. The Morgan fingerprint density at radius 2 is 2.10 bits per heavy atom. The van der Waals surface area contributed by atoms with Crippen molar-refractivity contribution < 1.29 is 0 Å². The van der Waals surface area contributed by atoms with Gasteiger partial charge < -0.3 is 9.88 Å². The number of rotatable bonds is 7. The highest BCUT2D eigenvalue weighted by atomic mass is 15.2. The van der Waals surface area contributed by atoms with Crippen molar-refractivity contribution >= 4 is 0 Å². The zero-order valence-corrected chi connectivity index (χ0v) is 13.5. The molecule has 1 N–H and O–H groups in total. The van der Waals surface area contributed by atoms with Crippen molar-refractivity contribution in [2.24, 2.45) is 7.05 Å². The molecule has 0 aliphatic heterocycles. The molecule has 1 aromatic carbocycles. The van der Waals surface area contributed by atoms with Crippen LogP contribution in [0.4, 0.5) is 0 Å². The number of likely N-dealkylation sites (N-methyl/N-ethyl adjacent to an activating group) is 2. The lowest BCUT2D eigenvalue weighted by Crippen LogP contribution is -2.33. The molecule has 2 rings (SSSR count). The first-order valence-electron chi connectivity index (χ1n) is 7.55. The fourth-order valence-corrected chi connectivity index (χ4v) is 2.66. The van der Waals surface area contributed by atoms with Gasteiger partial charge in [-0.15, -0.1) is 0 Å². The van der Waals surface area contributed by atoms with Crippen molar-refractivity contribution in [2.75, 3.05) is 20.1 Å². The van der Waals surface area contributed by atoms with Gasteiger partial charge in [-0.25, -0.2) is 4.98 Å². The van der Waals surface area contributed by atoms with Crippen LogP contribution < -0.4 is 5.32 Å². The van der Waals surface area contributed by atoms with Crippen molar-refractivity contribution in [1.82, 2.24) is 19.8 Å². The van der Waals surface area contributed by atoms with Gasteiger partial charge in [0.2, 0.25) is 0 Å². The third-order valence-corrected chi connectivity index (χ3v) is 3.84. The van der Waals surface area contributed by atoms with Gasteiger partial charge in [0, 0.05) is 32.0 Å². The largest absolute Gasteiger partial charge is 0.337 e. The molecule has 0 saturated heterocycles. The molecule has 1 heterocycles. The maximum absolute atomic E-state index is 4.40. The Morgan fingerprint density at radius 3 is 2.71 bits per heavy atom. The summed E-state index contributed by atoms with van der Waals surface area (Å²) in [5.41, 5.74) is 2.72. The molecule has 1 aromatic heterocycles. The van der Waals surface area contributed by atoms with E-state index in [-0.39, 0.29) is 0 Å². The lowest BCUT2D eigenvalue weighted by Gasteiger charge is -2.26. The Kier molecular flexibility index (Phi) is 5.53. The van der Waals surface area contributed by atoms with Crippen molar-refractivity contribution in [3.8, 4) is 0 Å². The van der Waals surface area contributed by atoms with Crippen LogP contribution in [0.2, 0.25) is 0 Å². The first kappa shape index (κ1) is 15.7. The fourth-order valence-electron chi connectivity index (χ4n) is 2.66. The monoisotopic (exact) mass is 286 g/mol. The van der Waals surface area contributed by atoms with E-state index in [4.69, 9.17) is 0 Å². The van der Waals surface area contributed by atoms with Crippen LogP contribution in [-0.2, 0) is 13.6 Å². The van der Waals surface area contributed by atoms with Gasteiger partial charge in [-0.1, -0.05) is 31.2 Å². The highest BCUT2D eigenvalue weighted by Gasteiger charge is 2.15. The van der Waals surface area contributed by atoms with Crippen LogP contribution in [-0.4, -0.2) is 34.6 Å². The molecule has 21 heavy (non-hydrogen) atoms. The number of aromatic nitrogens is 2. The summed E-state index contributed by atoms with van der Waals surface area (Å²) in [6.45, 7) is 7.13. The number of benzene rings is 1. The molecule has 4 heteroatoms. The lowest BCUT2D eigenvalue weighted by molar-refractivity contribution is 0.276. The van der Waals surface area contributed by atoms with E-state index in [1.54, 1.807) is 0 Å². The second-order valence-electron chi connectivity index (χ2n) is 5.62. The third kappa shape index (κ3) is 4.16. The Bertz CT molecular complexity index is 561. The summed E-state index contributed by atoms with van der Waals surface area (Å²) < 4.78 is 2.08. The molecule has 1 unspecified atom stereocenters. The normalized spacial score (nSPS) is 12.8. The number of hydrogen-bond donors (Lipinski definition) is 1. The van der Waals surface area contributed by atoms with Crippen molar-refractivity contribution in [1.29, 1.82) is 0 Å². The van der Waals surface area contributed by atoms with Crippen LogP contribution in [0.15, 0.2) is 36.7 Å². The van der Waals surface area contributed by atoms with Crippen molar-refractivity contribution in [3.05, 3.63) is 53.6 Å². The van der Waals surface area contributed by atoms with E-state index in [0.717, 1.165) is 25.5 Å². The van der Waals surface area contributed by atoms with E-state index in [2.05, 4.69) is 64.9 Å². The smallest absolute Gasteiger partial charge is 0.122 e. The minimum Gasteiger partial charge on any atom is -0.337 e. The van der Waals surface area contributed by atoms with Crippen LogP contribution in [0, 0.1) is 6.92 Å². The lowest BCUT2D eigenvalue weighted by atomic mass is 10.0. The molecule has 0 bridgehead atoms. The average molecular weight is 286 g/mol. The molecule has 0 radical (unpaired) electrons. The quantitative estimate of drug-likeness (QED) is 0.849. The van der Waals surface area contributed by atoms with E-state index in [0.29, 0.717) is 6.04 Å². The van der Waals surface area contributed by atoms with Gasteiger partial charge in [-0.05, 0) is 31.6 Å². The van der Waals surface area contributed by atoms with Crippen molar-refractivity contribution in [3.63, 3.8) is 0 Å². The van der Waals surface area contributed by atoms with E-state index in [1.165, 1.54) is 11.1 Å². The number of aryl methyl sites for hydroxylation is 2. The van der Waals surface area contributed by atoms with Crippen LogP contribution in [0.5, 0.6) is 0 Å². The minimum atomic E-state index is 0.349. The fraction of sp³-hybridized carbons (Fsp3) is 0.471. The zero-order chi connectivity index (χ0) is 15.2. The first-order valence-corrected chi connectivity index (χ1v) is 7.55. The Morgan fingerprint density at radius 1 is 1.33 bits per heavy atom. The summed E-state index contributed by atoms with van der Waals surface area (Å²) in [5, 5.41) is 3.60. The topological polar surface area (TPSA) is 33.1 Å². The van der Waals surface area contributed by atoms with Gasteiger partial charge in [0.1, 0.15) is 5.82 Å². The van der Waals surface area contributed by atoms with E-state index in [9.17, 15) is 0 Å². The van der Waals surface area contributed by atoms with Gasteiger partial charge in [0.15, 0.2) is 0 Å². The molecule has 4 nitrogen and oxygen atoms in total. The SMILES string of the molecule is CCNC(CN(C)Cc1nccn1C)c1ccccc1C. The average Bonchev–Trinajstić information content (AvgIpc) is 2.84. The first-order chi connectivity index (χ1) is 10.1. The summed E-state index contributed by atoms with van der Waals surface area (Å²) in [5.74, 6) is 1.09. The summed E-state index contributed by atoms with van der Waals surface area (Å²) in [4.78, 5) is 6.72. The van der Waals surface area contributed by atoms with Crippen LogP contribution in [0.1, 0.15) is 29.9 Å². The minimum absolute atomic E-state index is 0.349. The summed E-state index contributed by atoms with van der Waals surface area (Å²) in [6.07, 6.45) is 3.85. The number of hydrogen-bond acceptors (Lipinski definition) is 3. The van der Waals surface area contributed by atoms with Gasteiger partial charge in [-0.3, -0.25) is 4.90 Å². The predicted octanol–water partition coefficient (Wildman–Crippen LogP) is 2.51. The molecule has 0 spiro atoms. The zero-order valence-electron chi connectivity index (χ0n) is 13.5. The number of imidazole rings is 1. The predicted molar refractivity (Wildman–Crippen MR) is 87.1 cm³/mol. The van der Waals surface area contributed by atoms with Gasteiger partial charge >= 0.3 is 0 Å². The van der Waals surface area contributed by atoms with Gasteiger partial charge in [-0.2, -0.15) is 0 Å². The maximum Gasteiger partial charge on any atom is 0.122 e. The number of nitrogens with one attached hydrogen (secondary N) is 1. The van der Waals surface area contributed by atoms with Gasteiger partial charge in [0.25, 0.3) is 0 Å². The number of nitrogens with zero attached hydrogens (tertiary/aromatic N) is 3. The highest BCUT2D eigenvalue weighted by Crippen LogP contribution is 2.18. The van der Waals surface area contributed by atoms with Crippen molar-refractivity contribution in [2.45, 2.75) is 26.4 Å². The maximum atomic E-state index is 4.40. The van der Waals surface area contributed by atoms with Crippen LogP contribution in [0.25, 0.3) is 0 Å². The van der Waals surface area contributed by atoms with Crippen LogP contribution >= 0.6 is 0 Å². The molecular formula is C17H26N4. The molecule has 0 amide bonds. The molecule has 0 fully saturated rings. The Labute approximate surface area is 127 Å². The second kappa shape index (κ2) is 7.38. The summed E-state index contributed by atoms with van der Waals surface area (Å²) >= 11 is 0. The highest BCUT2D eigenvalue weighted by molar-refractivity contribution is 5.29.